The van der Waals surface area contributed by atoms with Crippen LogP contribution in [0.1, 0.15) is 12.5 Å². The highest BCUT2D eigenvalue weighted by atomic mass is 16.5. The Kier molecular flexibility index (Phi) is 2.49. The molecule has 12 heavy (non-hydrogen) atoms. The lowest BCUT2D eigenvalue weighted by molar-refractivity contribution is -0.131. The van der Waals surface area contributed by atoms with Gasteiger partial charge in [-0.15, -0.1) is 6.42 Å². The Bertz CT molecular complexity index is 334. The molecule has 0 aliphatic carbocycles. The van der Waals surface area contributed by atoms with Gasteiger partial charge in [-0.2, -0.15) is 0 Å². The van der Waals surface area contributed by atoms with E-state index >= 15 is 0 Å². The van der Waals surface area contributed by atoms with Gasteiger partial charge in [-0.1, -0.05) is 18.1 Å². The molecule has 1 rings (SSSR count). The quantitative estimate of drug-likeness (QED) is 0.354. The molecule has 0 atom stereocenters. The summed E-state index contributed by atoms with van der Waals surface area (Å²) in [7, 11) is 0. The van der Waals surface area contributed by atoms with E-state index in [1.54, 1.807) is 24.3 Å². The molecule has 1 aromatic rings. The van der Waals surface area contributed by atoms with E-state index in [2.05, 4.69) is 5.92 Å². The van der Waals surface area contributed by atoms with Crippen molar-refractivity contribution in [1.82, 2.24) is 0 Å². The topological polar surface area (TPSA) is 26.3 Å². The number of carbonyl (C=O) groups is 1. The number of benzene rings is 1. The van der Waals surface area contributed by atoms with Crippen molar-refractivity contribution in [3.05, 3.63) is 29.8 Å². The number of terminal acetylenes is 1. The van der Waals surface area contributed by atoms with E-state index in [-0.39, 0.29) is 5.97 Å². The number of para-hydroxylation sites is 1. The SMILES string of the molecule is C#Cc1ccccc1OC(C)=O. The molecule has 0 saturated carbocycles. The van der Waals surface area contributed by atoms with Gasteiger partial charge in [0.2, 0.25) is 0 Å². The van der Waals surface area contributed by atoms with E-state index in [0.29, 0.717) is 11.3 Å². The molecule has 0 aromatic heterocycles. The molecule has 1 aromatic carbocycles. The van der Waals surface area contributed by atoms with Crippen LogP contribution in [0.5, 0.6) is 5.75 Å². The molecule has 0 heterocycles. The van der Waals surface area contributed by atoms with Gasteiger partial charge in [0.15, 0.2) is 0 Å². The molecule has 0 amide bonds. The highest BCUT2D eigenvalue weighted by Gasteiger charge is 2.01. The lowest BCUT2D eigenvalue weighted by Gasteiger charge is -2.02. The summed E-state index contributed by atoms with van der Waals surface area (Å²) in [6.07, 6.45) is 5.19. The number of rotatable bonds is 1. The fourth-order valence-electron chi connectivity index (χ4n) is 0.830. The first-order valence-electron chi connectivity index (χ1n) is 3.48. The van der Waals surface area contributed by atoms with Gasteiger partial charge in [-0.25, -0.2) is 0 Å². The van der Waals surface area contributed by atoms with Crippen molar-refractivity contribution in [2.24, 2.45) is 0 Å². The Balaban J connectivity index is 2.99. The van der Waals surface area contributed by atoms with Gasteiger partial charge in [0.05, 0.1) is 5.56 Å². The first kappa shape index (κ1) is 8.35. The van der Waals surface area contributed by atoms with Crippen LogP contribution in [-0.4, -0.2) is 5.97 Å². The fraction of sp³-hybridized carbons (Fsp3) is 0.100. The third-order valence-corrected chi connectivity index (χ3v) is 1.30. The molecule has 0 bridgehead atoms. The predicted molar refractivity (Wildman–Crippen MR) is 45.7 cm³/mol. The molecule has 0 aliphatic heterocycles. The molecule has 0 spiro atoms. The van der Waals surface area contributed by atoms with E-state index in [1.165, 1.54) is 6.92 Å². The first-order chi connectivity index (χ1) is 5.74. The summed E-state index contributed by atoms with van der Waals surface area (Å²) in [6.45, 7) is 1.34. The molecule has 0 fully saturated rings. The lowest BCUT2D eigenvalue weighted by atomic mass is 10.2. The van der Waals surface area contributed by atoms with Crippen molar-refractivity contribution in [2.45, 2.75) is 6.92 Å². The largest absolute Gasteiger partial charge is 0.425 e. The van der Waals surface area contributed by atoms with Crippen molar-refractivity contribution in [1.29, 1.82) is 0 Å². The Hall–Kier alpha value is -1.75. The predicted octanol–water partition coefficient (Wildman–Crippen LogP) is 1.59. The summed E-state index contributed by atoms with van der Waals surface area (Å²) in [6, 6.07) is 6.94. The maximum Gasteiger partial charge on any atom is 0.308 e. The second-order valence-electron chi connectivity index (χ2n) is 2.23. The highest BCUT2D eigenvalue weighted by Crippen LogP contribution is 2.16. The fourth-order valence-corrected chi connectivity index (χ4v) is 0.830. The van der Waals surface area contributed by atoms with E-state index in [9.17, 15) is 4.79 Å². The van der Waals surface area contributed by atoms with Crippen LogP contribution < -0.4 is 4.74 Å². The number of esters is 1. The molecular weight excluding hydrogens is 152 g/mol. The summed E-state index contributed by atoms with van der Waals surface area (Å²) >= 11 is 0. The van der Waals surface area contributed by atoms with Crippen molar-refractivity contribution in [3.8, 4) is 18.1 Å². The Labute approximate surface area is 71.2 Å². The standard InChI is InChI=1S/C10H8O2/c1-3-9-6-4-5-7-10(9)12-8(2)11/h1,4-7H,2H3. The lowest BCUT2D eigenvalue weighted by Crippen LogP contribution is -2.02. The molecule has 60 valence electrons. The molecule has 0 saturated heterocycles. The van der Waals surface area contributed by atoms with Crippen LogP contribution >= 0.6 is 0 Å². The molecule has 0 radical (unpaired) electrons. The second kappa shape index (κ2) is 3.59. The maximum atomic E-state index is 10.6. The summed E-state index contributed by atoms with van der Waals surface area (Å²) < 4.78 is 4.85. The van der Waals surface area contributed by atoms with Gasteiger partial charge in [0.25, 0.3) is 0 Å². The first-order valence-corrected chi connectivity index (χ1v) is 3.48. The zero-order valence-corrected chi connectivity index (χ0v) is 6.70. The molecular formula is C10H8O2. The second-order valence-corrected chi connectivity index (χ2v) is 2.23. The van der Waals surface area contributed by atoms with E-state index in [0.717, 1.165) is 0 Å². The van der Waals surface area contributed by atoms with E-state index in [1.807, 2.05) is 0 Å². The number of carbonyl (C=O) groups excluding carboxylic acids is 1. The molecule has 0 unspecified atom stereocenters. The molecule has 2 nitrogen and oxygen atoms in total. The number of ether oxygens (including phenoxy) is 1. The van der Waals surface area contributed by atoms with Crippen LogP contribution in [0, 0.1) is 12.3 Å². The van der Waals surface area contributed by atoms with Gasteiger partial charge in [0.1, 0.15) is 5.75 Å². The van der Waals surface area contributed by atoms with Crippen LogP contribution in [0.3, 0.4) is 0 Å². The van der Waals surface area contributed by atoms with Gasteiger partial charge in [0, 0.05) is 6.92 Å². The average molecular weight is 160 g/mol. The van der Waals surface area contributed by atoms with Gasteiger partial charge in [-0.05, 0) is 12.1 Å². The minimum absolute atomic E-state index is 0.363. The van der Waals surface area contributed by atoms with E-state index < -0.39 is 0 Å². The van der Waals surface area contributed by atoms with Crippen LogP contribution in [-0.2, 0) is 4.79 Å². The maximum absolute atomic E-state index is 10.6. The summed E-state index contributed by atoms with van der Waals surface area (Å²) in [5.41, 5.74) is 0.590. The van der Waals surface area contributed by atoms with Gasteiger partial charge in [-0.3, -0.25) is 4.79 Å². The zero-order valence-electron chi connectivity index (χ0n) is 6.70. The van der Waals surface area contributed by atoms with Crippen molar-refractivity contribution in [2.75, 3.05) is 0 Å². The van der Waals surface area contributed by atoms with Crippen molar-refractivity contribution >= 4 is 5.97 Å². The molecule has 0 N–H and O–H groups in total. The average Bonchev–Trinajstić information content (AvgIpc) is 2.04. The minimum Gasteiger partial charge on any atom is -0.425 e. The summed E-state index contributed by atoms with van der Waals surface area (Å²) in [5, 5.41) is 0. The highest BCUT2D eigenvalue weighted by molar-refractivity contribution is 5.70. The third-order valence-electron chi connectivity index (χ3n) is 1.30. The normalized spacial score (nSPS) is 8.67. The Morgan fingerprint density at radius 3 is 2.75 bits per heavy atom. The van der Waals surface area contributed by atoms with Crippen LogP contribution in [0.4, 0.5) is 0 Å². The van der Waals surface area contributed by atoms with E-state index in [4.69, 9.17) is 11.2 Å². The monoisotopic (exact) mass is 160 g/mol. The van der Waals surface area contributed by atoms with Crippen LogP contribution in [0.2, 0.25) is 0 Å². The summed E-state index contributed by atoms with van der Waals surface area (Å²) in [5.74, 6) is 2.50. The smallest absolute Gasteiger partial charge is 0.308 e. The minimum atomic E-state index is -0.363. The third kappa shape index (κ3) is 1.86. The summed E-state index contributed by atoms with van der Waals surface area (Å²) in [4.78, 5) is 10.6. The van der Waals surface area contributed by atoms with Gasteiger partial charge >= 0.3 is 5.97 Å². The Morgan fingerprint density at radius 1 is 1.50 bits per heavy atom. The van der Waals surface area contributed by atoms with Crippen LogP contribution in [0.25, 0.3) is 0 Å². The molecule has 0 aliphatic rings. The van der Waals surface area contributed by atoms with Crippen molar-refractivity contribution in [3.63, 3.8) is 0 Å². The number of hydrogen-bond acceptors (Lipinski definition) is 2. The van der Waals surface area contributed by atoms with Crippen molar-refractivity contribution < 1.29 is 9.53 Å². The molecule has 2 heteroatoms. The zero-order chi connectivity index (χ0) is 8.97. The van der Waals surface area contributed by atoms with Crippen LogP contribution in [0.15, 0.2) is 24.3 Å². The Morgan fingerprint density at radius 2 is 2.17 bits per heavy atom. The van der Waals surface area contributed by atoms with Gasteiger partial charge < -0.3 is 4.74 Å². The number of hydrogen-bond donors (Lipinski definition) is 0.